The van der Waals surface area contributed by atoms with Crippen molar-refractivity contribution in [1.82, 2.24) is 9.29 Å². The lowest BCUT2D eigenvalue weighted by Crippen LogP contribution is -2.40. The highest BCUT2D eigenvalue weighted by Crippen LogP contribution is 2.21. The molecule has 1 aromatic rings. The molecule has 0 atom stereocenters. The van der Waals surface area contributed by atoms with Gasteiger partial charge >= 0.3 is 0 Å². The van der Waals surface area contributed by atoms with Crippen molar-refractivity contribution in [3.8, 4) is 0 Å². The first-order chi connectivity index (χ1) is 7.64. The molecule has 0 bridgehead atoms. The molecule has 1 saturated heterocycles. The molecule has 6 nitrogen and oxygen atoms in total. The van der Waals surface area contributed by atoms with E-state index in [9.17, 15) is 8.42 Å². The fourth-order valence-electron chi connectivity index (χ4n) is 1.38. The molecule has 0 aromatic carbocycles. The summed E-state index contributed by atoms with van der Waals surface area (Å²) in [6.07, 6.45) is 0. The first-order valence-electron chi connectivity index (χ1n) is 4.78. The molecule has 0 spiro atoms. The lowest BCUT2D eigenvalue weighted by molar-refractivity contribution is 0.0730. The first-order valence-corrected chi connectivity index (χ1v) is 7.10. The topological polar surface area (TPSA) is 79.7 Å². The molecule has 0 aliphatic carbocycles. The third kappa shape index (κ3) is 2.25. The monoisotopic (exact) mass is 264 g/mol. The molecule has 1 aliphatic heterocycles. The Morgan fingerprint density at radius 1 is 1.50 bits per heavy atom. The SMILES string of the molecule is O=S(=O)(c1nc(CO)cs1)N1CCOCC1. The zero-order chi connectivity index (χ0) is 11.6. The molecule has 2 rings (SSSR count). The minimum atomic E-state index is -3.50. The summed E-state index contributed by atoms with van der Waals surface area (Å²) in [5.41, 5.74) is 0.386. The van der Waals surface area contributed by atoms with Crippen molar-refractivity contribution in [2.75, 3.05) is 26.3 Å². The van der Waals surface area contributed by atoms with E-state index in [1.54, 1.807) is 5.38 Å². The van der Waals surface area contributed by atoms with Gasteiger partial charge in [0.05, 0.1) is 25.5 Å². The van der Waals surface area contributed by atoms with Crippen molar-refractivity contribution < 1.29 is 18.3 Å². The lowest BCUT2D eigenvalue weighted by Gasteiger charge is -2.24. The summed E-state index contributed by atoms with van der Waals surface area (Å²) >= 11 is 1.03. The average Bonchev–Trinajstić information content (AvgIpc) is 2.79. The van der Waals surface area contributed by atoms with Gasteiger partial charge in [-0.05, 0) is 0 Å². The number of sulfonamides is 1. The Labute approximate surface area is 97.5 Å². The van der Waals surface area contributed by atoms with E-state index in [2.05, 4.69) is 4.98 Å². The zero-order valence-electron chi connectivity index (χ0n) is 8.50. The van der Waals surface area contributed by atoms with E-state index in [1.807, 2.05) is 0 Å². The summed E-state index contributed by atoms with van der Waals surface area (Å²) in [6.45, 7) is 1.30. The predicted octanol–water partition coefficient (Wildman–Crippen LogP) is -0.344. The Bertz CT molecular complexity index is 450. The molecule has 0 radical (unpaired) electrons. The van der Waals surface area contributed by atoms with Crippen LogP contribution in [-0.4, -0.2) is 49.1 Å². The molecule has 1 aliphatic rings. The second-order valence-corrected chi connectivity index (χ2v) is 6.25. The van der Waals surface area contributed by atoms with Gasteiger partial charge < -0.3 is 9.84 Å². The molecule has 1 aromatic heterocycles. The van der Waals surface area contributed by atoms with Gasteiger partial charge in [0, 0.05) is 18.5 Å². The minimum Gasteiger partial charge on any atom is -0.390 e. The Morgan fingerprint density at radius 2 is 2.19 bits per heavy atom. The van der Waals surface area contributed by atoms with E-state index in [-0.39, 0.29) is 10.9 Å². The Morgan fingerprint density at radius 3 is 2.75 bits per heavy atom. The van der Waals surface area contributed by atoms with Gasteiger partial charge in [-0.3, -0.25) is 0 Å². The highest BCUT2D eigenvalue weighted by Gasteiger charge is 2.28. The lowest BCUT2D eigenvalue weighted by atomic mass is 10.5. The molecule has 16 heavy (non-hydrogen) atoms. The average molecular weight is 264 g/mol. The van der Waals surface area contributed by atoms with Gasteiger partial charge in [-0.2, -0.15) is 4.31 Å². The molecule has 2 heterocycles. The molecule has 90 valence electrons. The summed E-state index contributed by atoms with van der Waals surface area (Å²) in [4.78, 5) is 3.87. The van der Waals surface area contributed by atoms with E-state index < -0.39 is 10.0 Å². The molecule has 1 N–H and O–H groups in total. The summed E-state index contributed by atoms with van der Waals surface area (Å²) in [5, 5.41) is 10.4. The smallest absolute Gasteiger partial charge is 0.270 e. The molecule has 8 heteroatoms. The largest absolute Gasteiger partial charge is 0.390 e. The van der Waals surface area contributed by atoms with Gasteiger partial charge in [0.1, 0.15) is 0 Å². The maximum absolute atomic E-state index is 12.1. The number of hydrogen-bond donors (Lipinski definition) is 1. The van der Waals surface area contributed by atoms with Crippen LogP contribution in [-0.2, 0) is 21.4 Å². The van der Waals surface area contributed by atoms with Crippen LogP contribution in [0, 0.1) is 0 Å². The molecule has 1 fully saturated rings. The number of thiazole rings is 1. The van der Waals surface area contributed by atoms with Crippen molar-refractivity contribution >= 4 is 21.4 Å². The second-order valence-electron chi connectivity index (χ2n) is 3.28. The van der Waals surface area contributed by atoms with Crippen molar-refractivity contribution in [3.05, 3.63) is 11.1 Å². The van der Waals surface area contributed by atoms with Crippen molar-refractivity contribution in [3.63, 3.8) is 0 Å². The van der Waals surface area contributed by atoms with E-state index in [4.69, 9.17) is 9.84 Å². The van der Waals surface area contributed by atoms with E-state index >= 15 is 0 Å². The number of aromatic nitrogens is 1. The fourth-order valence-corrected chi connectivity index (χ4v) is 3.94. The molecule has 0 saturated carbocycles. The van der Waals surface area contributed by atoms with Crippen LogP contribution in [0.15, 0.2) is 9.72 Å². The molecule has 0 unspecified atom stereocenters. The van der Waals surface area contributed by atoms with E-state index in [1.165, 1.54) is 4.31 Å². The molecular weight excluding hydrogens is 252 g/mol. The first kappa shape index (κ1) is 11.9. The normalized spacial score (nSPS) is 18.8. The van der Waals surface area contributed by atoms with Crippen LogP contribution in [0.25, 0.3) is 0 Å². The maximum atomic E-state index is 12.1. The minimum absolute atomic E-state index is 0.0402. The summed E-state index contributed by atoms with van der Waals surface area (Å²) < 4.78 is 30.6. The number of aliphatic hydroxyl groups is 1. The van der Waals surface area contributed by atoms with Gasteiger partial charge in [0.25, 0.3) is 10.0 Å². The number of aliphatic hydroxyl groups excluding tert-OH is 1. The quantitative estimate of drug-likeness (QED) is 0.807. The van der Waals surface area contributed by atoms with E-state index in [0.717, 1.165) is 11.3 Å². The Hall–Kier alpha value is -0.540. The van der Waals surface area contributed by atoms with E-state index in [0.29, 0.717) is 32.0 Å². The van der Waals surface area contributed by atoms with Crippen LogP contribution >= 0.6 is 11.3 Å². The number of morpholine rings is 1. The third-order valence-electron chi connectivity index (χ3n) is 2.22. The van der Waals surface area contributed by atoms with Crippen LogP contribution in [0.3, 0.4) is 0 Å². The maximum Gasteiger partial charge on any atom is 0.270 e. The Balaban J connectivity index is 2.23. The van der Waals surface area contributed by atoms with Gasteiger partial charge in [-0.15, -0.1) is 11.3 Å². The van der Waals surface area contributed by atoms with Gasteiger partial charge in [-0.1, -0.05) is 0 Å². The van der Waals surface area contributed by atoms with Crippen molar-refractivity contribution in [1.29, 1.82) is 0 Å². The van der Waals surface area contributed by atoms with Gasteiger partial charge in [0.2, 0.25) is 4.34 Å². The molecule has 0 amide bonds. The van der Waals surface area contributed by atoms with Crippen molar-refractivity contribution in [2.45, 2.75) is 10.9 Å². The van der Waals surface area contributed by atoms with Crippen LogP contribution in [0.5, 0.6) is 0 Å². The molecular formula is C8H12N2O4S2. The van der Waals surface area contributed by atoms with Crippen LogP contribution in [0.2, 0.25) is 0 Å². The van der Waals surface area contributed by atoms with Crippen molar-refractivity contribution in [2.24, 2.45) is 0 Å². The zero-order valence-corrected chi connectivity index (χ0v) is 10.1. The number of ether oxygens (including phenoxy) is 1. The van der Waals surface area contributed by atoms with Gasteiger partial charge in [-0.25, -0.2) is 13.4 Å². The second kappa shape index (κ2) is 4.76. The fraction of sp³-hybridized carbons (Fsp3) is 0.625. The van der Waals surface area contributed by atoms with Crippen LogP contribution in [0.1, 0.15) is 5.69 Å². The summed E-state index contributed by atoms with van der Waals surface area (Å²) in [7, 11) is -3.50. The number of hydrogen-bond acceptors (Lipinski definition) is 6. The number of nitrogens with zero attached hydrogens (tertiary/aromatic N) is 2. The summed E-state index contributed by atoms with van der Waals surface area (Å²) in [6, 6.07) is 0. The van der Waals surface area contributed by atoms with Crippen LogP contribution < -0.4 is 0 Å². The Kier molecular flexibility index (Phi) is 3.55. The van der Waals surface area contributed by atoms with Crippen LogP contribution in [0.4, 0.5) is 0 Å². The highest BCUT2D eigenvalue weighted by molar-refractivity contribution is 7.91. The number of rotatable bonds is 3. The third-order valence-corrected chi connectivity index (χ3v) is 5.40. The highest BCUT2D eigenvalue weighted by atomic mass is 32.2. The predicted molar refractivity (Wildman–Crippen MR) is 57.6 cm³/mol. The standard InChI is InChI=1S/C8H12N2O4S2/c11-5-7-6-15-8(9-7)16(12,13)10-1-3-14-4-2-10/h6,11H,1-5H2. The summed E-state index contributed by atoms with van der Waals surface area (Å²) in [5.74, 6) is 0. The van der Waals surface area contributed by atoms with Gasteiger partial charge in [0.15, 0.2) is 0 Å².